The molecular weight excluding hydrogens is 324 g/mol. The van der Waals surface area contributed by atoms with E-state index in [2.05, 4.69) is 55.3 Å². The lowest BCUT2D eigenvalue weighted by atomic mass is 10.0. The van der Waals surface area contributed by atoms with Crippen LogP contribution in [0.5, 0.6) is 0 Å². The molecule has 4 heteroatoms. The summed E-state index contributed by atoms with van der Waals surface area (Å²) in [6.07, 6.45) is 2.64. The zero-order chi connectivity index (χ0) is 18.9. The average Bonchev–Trinajstić information content (AvgIpc) is 2.65. The predicted octanol–water partition coefficient (Wildman–Crippen LogP) is 4.30. The summed E-state index contributed by atoms with van der Waals surface area (Å²) >= 11 is 0. The van der Waals surface area contributed by atoms with Crippen LogP contribution in [-0.4, -0.2) is 18.4 Å². The van der Waals surface area contributed by atoms with E-state index in [9.17, 15) is 9.59 Å². The number of aryl methyl sites for hydroxylation is 1. The van der Waals surface area contributed by atoms with Gasteiger partial charge in [0.15, 0.2) is 0 Å². The minimum absolute atomic E-state index is 0.109. The number of benzene rings is 2. The molecule has 0 bridgehead atoms. The predicted molar refractivity (Wildman–Crippen MR) is 106 cm³/mol. The number of nitrogens with one attached hydrogen (secondary N) is 2. The van der Waals surface area contributed by atoms with Gasteiger partial charge in [0.2, 0.25) is 5.91 Å². The third-order valence-electron chi connectivity index (χ3n) is 4.14. The van der Waals surface area contributed by atoms with Crippen molar-refractivity contribution in [2.24, 2.45) is 0 Å². The van der Waals surface area contributed by atoms with Crippen LogP contribution in [0.1, 0.15) is 47.7 Å². The number of amides is 2. The van der Waals surface area contributed by atoms with E-state index >= 15 is 0 Å². The minimum Gasteiger partial charge on any atom is -0.349 e. The first kappa shape index (κ1) is 19.4. The summed E-state index contributed by atoms with van der Waals surface area (Å²) in [5, 5.41) is 5.57. The fraction of sp³-hybridized carbons (Fsp3) is 0.273. The van der Waals surface area contributed by atoms with Gasteiger partial charge in [0.25, 0.3) is 5.91 Å². The first-order valence-electron chi connectivity index (χ1n) is 8.88. The summed E-state index contributed by atoms with van der Waals surface area (Å²) in [6, 6.07) is 15.4. The molecular formula is C22H26N2O2. The molecule has 2 rings (SSSR count). The van der Waals surface area contributed by atoms with Crippen molar-refractivity contribution in [2.45, 2.75) is 32.6 Å². The fourth-order valence-corrected chi connectivity index (χ4v) is 2.59. The third kappa shape index (κ3) is 5.59. The molecule has 0 aromatic heterocycles. The van der Waals surface area contributed by atoms with Crippen molar-refractivity contribution in [3.05, 3.63) is 77.9 Å². The van der Waals surface area contributed by atoms with E-state index in [4.69, 9.17) is 0 Å². The highest BCUT2D eigenvalue weighted by molar-refractivity contribution is 6.03. The SMILES string of the molecule is C=CCNC(=O)c1ccccc1NC(=O)CCc1ccc(C(C)C)cc1. The lowest BCUT2D eigenvalue weighted by molar-refractivity contribution is -0.116. The summed E-state index contributed by atoms with van der Waals surface area (Å²) in [5.74, 6) is 0.156. The second kappa shape index (κ2) is 9.56. The number of anilines is 1. The Kier molecular flexibility index (Phi) is 7.15. The van der Waals surface area contributed by atoms with E-state index in [-0.39, 0.29) is 11.8 Å². The number of rotatable bonds is 8. The van der Waals surface area contributed by atoms with Crippen LogP contribution in [0.3, 0.4) is 0 Å². The van der Waals surface area contributed by atoms with Gasteiger partial charge >= 0.3 is 0 Å². The Labute approximate surface area is 155 Å². The van der Waals surface area contributed by atoms with E-state index in [0.29, 0.717) is 36.6 Å². The lowest BCUT2D eigenvalue weighted by Crippen LogP contribution is -2.25. The second-order valence-electron chi connectivity index (χ2n) is 6.49. The number of carbonyl (C=O) groups excluding carboxylic acids is 2. The third-order valence-corrected chi connectivity index (χ3v) is 4.14. The molecule has 2 amide bonds. The number of para-hydroxylation sites is 1. The maximum atomic E-state index is 12.3. The summed E-state index contributed by atoms with van der Waals surface area (Å²) in [4.78, 5) is 24.5. The van der Waals surface area contributed by atoms with Crippen LogP contribution in [0.4, 0.5) is 5.69 Å². The molecule has 2 N–H and O–H groups in total. The van der Waals surface area contributed by atoms with Gasteiger partial charge in [0.1, 0.15) is 0 Å². The molecule has 2 aromatic carbocycles. The van der Waals surface area contributed by atoms with Crippen LogP contribution in [0.15, 0.2) is 61.2 Å². The van der Waals surface area contributed by atoms with Gasteiger partial charge in [0, 0.05) is 13.0 Å². The van der Waals surface area contributed by atoms with Gasteiger partial charge in [-0.3, -0.25) is 9.59 Å². The number of hydrogen-bond donors (Lipinski definition) is 2. The van der Waals surface area contributed by atoms with Gasteiger partial charge in [-0.15, -0.1) is 6.58 Å². The maximum absolute atomic E-state index is 12.3. The molecule has 0 saturated heterocycles. The molecule has 2 aromatic rings. The van der Waals surface area contributed by atoms with Crippen LogP contribution in [0, 0.1) is 0 Å². The van der Waals surface area contributed by atoms with Crippen molar-refractivity contribution in [2.75, 3.05) is 11.9 Å². The molecule has 0 heterocycles. The first-order chi connectivity index (χ1) is 12.5. The van der Waals surface area contributed by atoms with Crippen LogP contribution < -0.4 is 10.6 Å². The number of carbonyl (C=O) groups is 2. The highest BCUT2D eigenvalue weighted by Crippen LogP contribution is 2.17. The van der Waals surface area contributed by atoms with Crippen molar-refractivity contribution in [3.8, 4) is 0 Å². The zero-order valence-electron chi connectivity index (χ0n) is 15.4. The van der Waals surface area contributed by atoms with Crippen molar-refractivity contribution in [1.82, 2.24) is 5.32 Å². The molecule has 0 spiro atoms. The van der Waals surface area contributed by atoms with Crippen molar-refractivity contribution >= 4 is 17.5 Å². The summed E-state index contributed by atoms with van der Waals surface area (Å²) in [6.45, 7) is 8.28. The van der Waals surface area contributed by atoms with Crippen LogP contribution in [0.2, 0.25) is 0 Å². The first-order valence-corrected chi connectivity index (χ1v) is 8.88. The summed E-state index contributed by atoms with van der Waals surface area (Å²) in [7, 11) is 0. The van der Waals surface area contributed by atoms with Crippen LogP contribution in [0.25, 0.3) is 0 Å². The van der Waals surface area contributed by atoms with Gasteiger partial charge < -0.3 is 10.6 Å². The highest BCUT2D eigenvalue weighted by Gasteiger charge is 2.12. The lowest BCUT2D eigenvalue weighted by Gasteiger charge is -2.11. The molecule has 0 radical (unpaired) electrons. The van der Waals surface area contributed by atoms with E-state index in [1.54, 1.807) is 30.3 Å². The minimum atomic E-state index is -0.231. The molecule has 0 saturated carbocycles. The molecule has 0 aliphatic heterocycles. The summed E-state index contributed by atoms with van der Waals surface area (Å²) < 4.78 is 0. The molecule has 0 atom stereocenters. The van der Waals surface area contributed by atoms with Gasteiger partial charge in [-0.25, -0.2) is 0 Å². The molecule has 136 valence electrons. The average molecular weight is 350 g/mol. The standard InChI is InChI=1S/C22H26N2O2/c1-4-15-23-22(26)19-7-5-6-8-20(19)24-21(25)14-11-17-9-12-18(13-10-17)16(2)3/h4-10,12-13,16H,1,11,14-15H2,2-3H3,(H,23,26)(H,24,25). The van der Waals surface area contributed by atoms with Crippen molar-refractivity contribution in [1.29, 1.82) is 0 Å². The van der Waals surface area contributed by atoms with Gasteiger partial charge in [-0.1, -0.05) is 56.3 Å². The maximum Gasteiger partial charge on any atom is 0.253 e. The Morgan fingerprint density at radius 3 is 2.42 bits per heavy atom. The molecule has 0 fully saturated rings. The van der Waals surface area contributed by atoms with Gasteiger partial charge in [0.05, 0.1) is 11.3 Å². The van der Waals surface area contributed by atoms with Crippen molar-refractivity contribution in [3.63, 3.8) is 0 Å². The topological polar surface area (TPSA) is 58.2 Å². The van der Waals surface area contributed by atoms with E-state index in [1.165, 1.54) is 5.56 Å². The highest BCUT2D eigenvalue weighted by atomic mass is 16.2. The Morgan fingerprint density at radius 2 is 1.77 bits per heavy atom. The normalized spacial score (nSPS) is 10.4. The monoisotopic (exact) mass is 350 g/mol. The Hall–Kier alpha value is -2.88. The largest absolute Gasteiger partial charge is 0.349 e. The van der Waals surface area contributed by atoms with Crippen LogP contribution in [-0.2, 0) is 11.2 Å². The fourth-order valence-electron chi connectivity index (χ4n) is 2.59. The molecule has 0 aliphatic rings. The summed E-state index contributed by atoms with van der Waals surface area (Å²) in [5.41, 5.74) is 3.39. The molecule has 0 unspecified atom stereocenters. The van der Waals surface area contributed by atoms with E-state index in [0.717, 1.165) is 5.56 Å². The Bertz CT molecular complexity index is 764. The molecule has 0 aliphatic carbocycles. The van der Waals surface area contributed by atoms with Gasteiger partial charge in [-0.2, -0.15) is 0 Å². The van der Waals surface area contributed by atoms with Crippen LogP contribution >= 0.6 is 0 Å². The molecule has 26 heavy (non-hydrogen) atoms. The Balaban J connectivity index is 1.95. The van der Waals surface area contributed by atoms with E-state index < -0.39 is 0 Å². The smallest absolute Gasteiger partial charge is 0.253 e. The quantitative estimate of drug-likeness (QED) is 0.698. The zero-order valence-corrected chi connectivity index (χ0v) is 15.4. The second-order valence-corrected chi connectivity index (χ2v) is 6.49. The molecule has 4 nitrogen and oxygen atoms in total. The van der Waals surface area contributed by atoms with Crippen molar-refractivity contribution < 1.29 is 9.59 Å². The number of hydrogen-bond acceptors (Lipinski definition) is 2. The van der Waals surface area contributed by atoms with Gasteiger partial charge in [-0.05, 0) is 35.6 Å². The van der Waals surface area contributed by atoms with E-state index in [1.807, 2.05) is 0 Å². The Morgan fingerprint density at radius 1 is 1.08 bits per heavy atom.